The zero-order chi connectivity index (χ0) is 20.8. The van der Waals surface area contributed by atoms with Gasteiger partial charge in [0.25, 0.3) is 0 Å². The van der Waals surface area contributed by atoms with Gasteiger partial charge in [0.1, 0.15) is 11.5 Å². The Balaban J connectivity index is 1.69. The molecule has 0 atom stereocenters. The second-order valence-electron chi connectivity index (χ2n) is 5.88. The van der Waals surface area contributed by atoms with Crippen molar-refractivity contribution < 1.29 is 24.1 Å². The molecule has 0 saturated carbocycles. The average molecular weight is 420 g/mol. The summed E-state index contributed by atoms with van der Waals surface area (Å²) in [7, 11) is 0. The van der Waals surface area contributed by atoms with E-state index >= 15 is 0 Å². The molecule has 0 spiro atoms. The molecule has 11 heteroatoms. The number of aliphatic carboxylic acids is 1. The molecule has 0 aliphatic rings. The van der Waals surface area contributed by atoms with Gasteiger partial charge in [0, 0.05) is 11.4 Å². The van der Waals surface area contributed by atoms with Crippen molar-refractivity contribution in [3.8, 4) is 0 Å². The highest BCUT2D eigenvalue weighted by Crippen LogP contribution is 2.20. The summed E-state index contributed by atoms with van der Waals surface area (Å²) >= 11 is 5.75. The highest BCUT2D eigenvalue weighted by Gasteiger charge is 2.18. The van der Waals surface area contributed by atoms with Crippen LogP contribution >= 0.6 is 11.6 Å². The number of halogens is 2. The maximum atomic E-state index is 13.3. The summed E-state index contributed by atoms with van der Waals surface area (Å²) in [4.78, 5) is 10.7. The van der Waals surface area contributed by atoms with E-state index < -0.39 is 11.8 Å². The molecule has 0 saturated heterocycles. The van der Waals surface area contributed by atoms with Crippen molar-refractivity contribution in [3.05, 3.63) is 70.3 Å². The number of carbonyl (C=O) groups is 1. The summed E-state index contributed by atoms with van der Waals surface area (Å²) in [6, 6.07) is 10.7. The Bertz CT molecular complexity index is 1040. The molecule has 1 aromatic heterocycles. The second kappa shape index (κ2) is 9.02. The lowest BCUT2D eigenvalue weighted by molar-refractivity contribution is -0.136. The minimum atomic E-state index is -0.908. The number of rotatable bonds is 7. The van der Waals surface area contributed by atoms with Crippen LogP contribution in [-0.2, 0) is 17.8 Å². The molecule has 0 radical (unpaired) electrons. The first kappa shape index (κ1) is 20.1. The van der Waals surface area contributed by atoms with Crippen LogP contribution in [0.4, 0.5) is 15.8 Å². The molecule has 150 valence electrons. The fourth-order valence-corrected chi connectivity index (χ4v) is 2.63. The molecule has 2 aromatic carbocycles. The first-order chi connectivity index (χ1) is 14.0. The van der Waals surface area contributed by atoms with E-state index in [4.69, 9.17) is 21.3 Å². The summed E-state index contributed by atoms with van der Waals surface area (Å²) in [5.41, 5.74) is 2.24. The second-order valence-corrected chi connectivity index (χ2v) is 6.29. The zero-order valence-corrected chi connectivity index (χ0v) is 15.5. The van der Waals surface area contributed by atoms with Crippen LogP contribution in [0, 0.1) is 5.82 Å². The van der Waals surface area contributed by atoms with Crippen LogP contribution in [0.1, 0.15) is 17.0 Å². The van der Waals surface area contributed by atoms with Gasteiger partial charge < -0.3 is 20.9 Å². The van der Waals surface area contributed by atoms with Gasteiger partial charge in [0.05, 0.1) is 18.0 Å². The van der Waals surface area contributed by atoms with E-state index in [1.807, 2.05) is 0 Å². The third-order valence-electron chi connectivity index (χ3n) is 3.83. The van der Waals surface area contributed by atoms with Crippen molar-refractivity contribution in [3.63, 3.8) is 0 Å². The Labute approximate surface area is 168 Å². The molecule has 0 unspecified atom stereocenters. The molecular weight excluding hydrogens is 405 g/mol. The van der Waals surface area contributed by atoms with Crippen LogP contribution in [0.15, 0.2) is 52.2 Å². The summed E-state index contributed by atoms with van der Waals surface area (Å²) < 4.78 is 18.0. The number of amidine groups is 1. The third kappa shape index (κ3) is 5.20. The summed E-state index contributed by atoms with van der Waals surface area (Å²) in [5, 5.41) is 34.6. The zero-order valence-electron chi connectivity index (χ0n) is 14.8. The van der Waals surface area contributed by atoms with Crippen LogP contribution in [0.3, 0.4) is 0 Å². The van der Waals surface area contributed by atoms with Crippen molar-refractivity contribution in [1.29, 1.82) is 0 Å². The van der Waals surface area contributed by atoms with Gasteiger partial charge in [0.15, 0.2) is 5.69 Å². The number of carboxylic acid groups (broad SMARTS) is 1. The van der Waals surface area contributed by atoms with Gasteiger partial charge in [-0.1, -0.05) is 34.0 Å². The van der Waals surface area contributed by atoms with Crippen LogP contribution in [0.2, 0.25) is 5.02 Å². The first-order valence-corrected chi connectivity index (χ1v) is 8.64. The number of oxime groups is 1. The molecular formula is C18H15ClFN5O4. The highest BCUT2D eigenvalue weighted by atomic mass is 35.5. The molecule has 0 bridgehead atoms. The Morgan fingerprint density at radius 3 is 2.55 bits per heavy atom. The van der Waals surface area contributed by atoms with E-state index in [-0.39, 0.29) is 29.5 Å². The van der Waals surface area contributed by atoms with Crippen LogP contribution in [0.25, 0.3) is 0 Å². The predicted molar refractivity (Wildman–Crippen MR) is 103 cm³/mol. The van der Waals surface area contributed by atoms with E-state index in [0.717, 1.165) is 6.07 Å². The number of nitrogens with one attached hydrogen (secondary N) is 2. The number of hydrogen-bond acceptors (Lipinski definition) is 7. The quantitative estimate of drug-likeness (QED) is 0.198. The van der Waals surface area contributed by atoms with E-state index in [1.165, 1.54) is 12.1 Å². The van der Waals surface area contributed by atoms with E-state index in [0.29, 0.717) is 22.6 Å². The Hall–Kier alpha value is -3.66. The number of anilines is 2. The fourth-order valence-electron chi connectivity index (χ4n) is 2.45. The smallest absolute Gasteiger partial charge is 0.307 e. The average Bonchev–Trinajstić information content (AvgIpc) is 3.16. The van der Waals surface area contributed by atoms with Gasteiger partial charge in [-0.25, -0.2) is 9.02 Å². The van der Waals surface area contributed by atoms with Crippen molar-refractivity contribution >= 4 is 34.8 Å². The molecule has 0 aliphatic heterocycles. The van der Waals surface area contributed by atoms with Gasteiger partial charge >= 0.3 is 5.97 Å². The highest BCUT2D eigenvalue weighted by molar-refractivity contribution is 6.31. The first-order valence-electron chi connectivity index (χ1n) is 8.27. The number of hydrogen-bond donors (Lipinski definition) is 4. The van der Waals surface area contributed by atoms with Gasteiger partial charge in [-0.3, -0.25) is 4.79 Å². The normalized spacial score (nSPS) is 11.3. The van der Waals surface area contributed by atoms with Gasteiger partial charge in [-0.05, 0) is 41.1 Å². The SMILES string of the molecule is O=C(O)Cc1ccc(NCc2nonc2C(=NO)Nc2ccc(F)c(Cl)c2)cc1. The lowest BCUT2D eigenvalue weighted by Gasteiger charge is -2.09. The Morgan fingerprint density at radius 2 is 1.90 bits per heavy atom. The van der Waals surface area contributed by atoms with Crippen molar-refractivity contribution in [2.45, 2.75) is 13.0 Å². The van der Waals surface area contributed by atoms with Crippen molar-refractivity contribution in [1.82, 2.24) is 10.3 Å². The molecule has 1 heterocycles. The minimum Gasteiger partial charge on any atom is -0.481 e. The Morgan fingerprint density at radius 1 is 1.17 bits per heavy atom. The fraction of sp³-hybridized carbons (Fsp3) is 0.111. The lowest BCUT2D eigenvalue weighted by atomic mass is 10.1. The molecule has 0 amide bonds. The molecule has 29 heavy (non-hydrogen) atoms. The third-order valence-corrected chi connectivity index (χ3v) is 4.12. The van der Waals surface area contributed by atoms with E-state index in [1.54, 1.807) is 24.3 Å². The van der Waals surface area contributed by atoms with Crippen LogP contribution in [-0.4, -0.2) is 32.4 Å². The number of nitrogens with zero attached hydrogens (tertiary/aromatic N) is 3. The van der Waals surface area contributed by atoms with Crippen LogP contribution in [0.5, 0.6) is 0 Å². The number of benzene rings is 2. The lowest BCUT2D eigenvalue weighted by Crippen LogP contribution is -2.17. The maximum Gasteiger partial charge on any atom is 0.307 e. The molecule has 9 nitrogen and oxygen atoms in total. The van der Waals surface area contributed by atoms with Crippen molar-refractivity contribution in [2.75, 3.05) is 10.6 Å². The van der Waals surface area contributed by atoms with E-state index in [2.05, 4.69) is 26.1 Å². The van der Waals surface area contributed by atoms with Crippen molar-refractivity contribution in [2.24, 2.45) is 5.16 Å². The molecule has 3 rings (SSSR count). The van der Waals surface area contributed by atoms with Gasteiger partial charge in [-0.15, -0.1) is 0 Å². The Kier molecular flexibility index (Phi) is 6.25. The largest absolute Gasteiger partial charge is 0.481 e. The molecule has 3 aromatic rings. The van der Waals surface area contributed by atoms with E-state index in [9.17, 15) is 14.4 Å². The van der Waals surface area contributed by atoms with Crippen LogP contribution < -0.4 is 10.6 Å². The molecule has 4 N–H and O–H groups in total. The monoisotopic (exact) mass is 419 g/mol. The summed E-state index contributed by atoms with van der Waals surface area (Å²) in [5.74, 6) is -1.56. The maximum absolute atomic E-state index is 13.3. The van der Waals surface area contributed by atoms with Gasteiger partial charge in [-0.2, -0.15) is 0 Å². The number of carboxylic acids is 1. The molecule has 0 aliphatic carbocycles. The predicted octanol–water partition coefficient (Wildman–Crippen LogP) is 3.35. The summed E-state index contributed by atoms with van der Waals surface area (Å²) in [6.45, 7) is 0.183. The minimum absolute atomic E-state index is 0.0625. The number of aromatic nitrogens is 2. The topological polar surface area (TPSA) is 133 Å². The molecule has 0 fully saturated rings. The summed E-state index contributed by atoms with van der Waals surface area (Å²) in [6.07, 6.45) is -0.0625. The van der Waals surface area contributed by atoms with Gasteiger partial charge in [0.2, 0.25) is 5.84 Å². The standard InChI is InChI=1S/C18H15ClFN5O4/c19-13-8-12(5-6-14(13)20)22-18(23-28)17-15(24-29-25-17)9-21-11-3-1-10(2-4-11)7-16(26)27/h1-6,8,21,28H,7,9H2,(H,22,23)(H,26,27).